The van der Waals surface area contributed by atoms with Gasteiger partial charge in [0.1, 0.15) is 18.9 Å². The second-order valence-electron chi connectivity index (χ2n) is 13.2. The molecule has 0 heterocycles. The summed E-state index contributed by atoms with van der Waals surface area (Å²) in [5.74, 6) is -2.27. The number of fused-ring (bicyclic) bond motifs is 5. The number of alkyl halides is 1. The smallest absolute Gasteiger partial charge is 0.413 e. The molecule has 13 heteroatoms. The van der Waals surface area contributed by atoms with Crippen molar-refractivity contribution in [3.63, 3.8) is 0 Å². The van der Waals surface area contributed by atoms with Gasteiger partial charge in [-0.3, -0.25) is 29.6 Å². The number of Topliss-reactive ketones (excluding diaryl/α,β-unsaturated/α-hetero) is 1. The lowest BCUT2D eigenvalue weighted by Gasteiger charge is -2.62. The molecule has 4 N–H and O–H groups in total. The Morgan fingerprint density at radius 2 is 1.91 bits per heavy atom. The number of carbonyl (C=O) groups excluding carboxylic acids is 4. The van der Waals surface area contributed by atoms with Gasteiger partial charge in [0.25, 0.3) is 0 Å². The molecular formula is C33H41FN2O10. The van der Waals surface area contributed by atoms with Crippen molar-refractivity contribution in [2.24, 2.45) is 28.6 Å². The Balaban J connectivity index is 1.11. The molecule has 0 radical (unpaired) electrons. The summed E-state index contributed by atoms with van der Waals surface area (Å²) in [6.45, 7) is 2.70. The summed E-state index contributed by atoms with van der Waals surface area (Å²) in [6, 6.07) is 6.64. The average Bonchev–Trinajstić information content (AvgIpc) is 3.34. The minimum Gasteiger partial charge on any atom is -0.456 e. The number of aliphatic hydroxyl groups excluding tert-OH is 1. The lowest BCUT2D eigenvalue weighted by molar-refractivity contribution is -0.492. The van der Waals surface area contributed by atoms with E-state index in [-0.39, 0.29) is 41.7 Å². The maximum absolute atomic E-state index is 17.2. The quantitative estimate of drug-likeness (QED) is 0.157. The lowest BCUT2D eigenvalue weighted by atomic mass is 9.45. The Labute approximate surface area is 266 Å². The third-order valence-corrected chi connectivity index (χ3v) is 10.7. The molecule has 0 bridgehead atoms. The normalized spacial score (nSPS) is 33.0. The first kappa shape index (κ1) is 33.9. The fourth-order valence-electron chi connectivity index (χ4n) is 8.51. The molecule has 1 amide bonds. The summed E-state index contributed by atoms with van der Waals surface area (Å²) >= 11 is 0. The van der Waals surface area contributed by atoms with Gasteiger partial charge in [-0.2, -0.15) is 0 Å². The zero-order valence-electron chi connectivity index (χ0n) is 25.9. The number of ketones is 2. The SMILES string of the molecule is C[C@]12C[C@H](O)C3(F)[C@@H](CCC4=CC(=O)C=C[C@@]43C)C1CCC2C(=O)COC(=O)CNC(=O)Oc1cccc(CCCON(O)O)c1. The van der Waals surface area contributed by atoms with Gasteiger partial charge in [-0.05, 0) is 93.1 Å². The van der Waals surface area contributed by atoms with Crippen molar-refractivity contribution in [3.05, 3.63) is 53.6 Å². The van der Waals surface area contributed by atoms with Crippen molar-refractivity contribution < 1.29 is 53.4 Å². The minimum absolute atomic E-state index is 0.0600. The predicted molar refractivity (Wildman–Crippen MR) is 158 cm³/mol. The largest absolute Gasteiger partial charge is 0.456 e. The standard InChI is InChI=1S/C33H41FN2O10/c1-31-17-28(39)33(34)25(9-8-21-16-22(37)12-13-32(21,33)2)24(31)10-11-26(31)27(38)19-44-29(40)18-35-30(41)46-23-7-3-5-20(15-23)6-4-14-45-36(42)43/h3,5,7,12-13,15-16,24-26,28,39,42-43H,4,6,8-11,14,17-19H2,1-2H3,(H,35,41)/t24?,25-,26?,28-,31-,32-,33?/m0/s1. The lowest BCUT2D eigenvalue weighted by Crippen LogP contribution is -2.66. The Morgan fingerprint density at radius 3 is 2.67 bits per heavy atom. The Hall–Kier alpha value is -3.49. The summed E-state index contributed by atoms with van der Waals surface area (Å²) in [4.78, 5) is 54.5. The van der Waals surface area contributed by atoms with E-state index < -0.39 is 59.7 Å². The van der Waals surface area contributed by atoms with Gasteiger partial charge in [0, 0.05) is 17.3 Å². The van der Waals surface area contributed by atoms with E-state index >= 15 is 4.39 Å². The predicted octanol–water partition coefficient (Wildman–Crippen LogP) is 3.82. The van der Waals surface area contributed by atoms with Gasteiger partial charge in [-0.1, -0.05) is 30.7 Å². The van der Waals surface area contributed by atoms with Crippen LogP contribution in [0.1, 0.15) is 57.9 Å². The Kier molecular flexibility index (Phi) is 9.81. The van der Waals surface area contributed by atoms with Crippen LogP contribution in [0.3, 0.4) is 0 Å². The van der Waals surface area contributed by atoms with Gasteiger partial charge in [0.2, 0.25) is 0 Å². The number of aliphatic hydroxyl groups is 1. The third-order valence-electron chi connectivity index (χ3n) is 10.7. The third kappa shape index (κ3) is 6.39. The molecule has 3 unspecified atom stereocenters. The highest BCUT2D eigenvalue weighted by Crippen LogP contribution is 2.68. The van der Waals surface area contributed by atoms with Crippen LogP contribution in [0.2, 0.25) is 0 Å². The van der Waals surface area contributed by atoms with Crippen LogP contribution >= 0.6 is 0 Å². The van der Waals surface area contributed by atoms with Gasteiger partial charge >= 0.3 is 12.1 Å². The number of amides is 1. The van der Waals surface area contributed by atoms with Crippen LogP contribution in [-0.2, 0) is 30.4 Å². The van der Waals surface area contributed by atoms with Crippen LogP contribution in [0.5, 0.6) is 5.75 Å². The van der Waals surface area contributed by atoms with Crippen LogP contribution in [-0.4, -0.2) is 76.1 Å². The molecule has 0 aliphatic heterocycles. The molecule has 0 aromatic heterocycles. The zero-order chi connectivity index (χ0) is 33.3. The number of hydrogen-bond donors (Lipinski definition) is 4. The fourth-order valence-corrected chi connectivity index (χ4v) is 8.51. The minimum atomic E-state index is -1.97. The number of benzene rings is 1. The van der Waals surface area contributed by atoms with Crippen molar-refractivity contribution in [1.82, 2.24) is 10.7 Å². The van der Waals surface area contributed by atoms with Crippen molar-refractivity contribution >= 4 is 23.6 Å². The molecule has 0 spiro atoms. The first-order valence-corrected chi connectivity index (χ1v) is 15.6. The number of allylic oxidation sites excluding steroid dienone is 4. The molecule has 3 saturated carbocycles. The number of hydrogen-bond acceptors (Lipinski definition) is 11. The van der Waals surface area contributed by atoms with E-state index in [0.29, 0.717) is 44.1 Å². The number of halogens is 1. The number of carbonyl (C=O) groups is 4. The van der Waals surface area contributed by atoms with E-state index in [1.807, 2.05) is 6.92 Å². The van der Waals surface area contributed by atoms with Gasteiger partial charge in [-0.15, -0.1) is 0 Å². The molecule has 12 nitrogen and oxygen atoms in total. The summed E-state index contributed by atoms with van der Waals surface area (Å²) in [5, 5.41) is 30.4. The second-order valence-corrected chi connectivity index (χ2v) is 13.2. The molecule has 1 aromatic carbocycles. The highest BCUT2D eigenvalue weighted by molar-refractivity contribution is 6.01. The molecule has 5 rings (SSSR count). The molecule has 46 heavy (non-hydrogen) atoms. The first-order valence-electron chi connectivity index (χ1n) is 15.6. The number of nitrogens with one attached hydrogen (secondary N) is 1. The zero-order valence-corrected chi connectivity index (χ0v) is 25.9. The van der Waals surface area contributed by atoms with Gasteiger partial charge in [-0.25, -0.2) is 9.18 Å². The molecule has 0 saturated heterocycles. The van der Waals surface area contributed by atoms with E-state index in [4.69, 9.17) is 19.9 Å². The van der Waals surface area contributed by atoms with Gasteiger partial charge in [0.05, 0.1) is 18.1 Å². The monoisotopic (exact) mass is 644 g/mol. The summed E-state index contributed by atoms with van der Waals surface area (Å²) in [7, 11) is 0. The molecule has 7 atom stereocenters. The highest BCUT2D eigenvalue weighted by Gasteiger charge is 2.70. The van der Waals surface area contributed by atoms with Gasteiger partial charge < -0.3 is 19.9 Å². The number of aryl methyl sites for hydroxylation is 1. The van der Waals surface area contributed by atoms with Crippen molar-refractivity contribution in [3.8, 4) is 5.75 Å². The van der Waals surface area contributed by atoms with Gasteiger partial charge in [0.15, 0.2) is 17.2 Å². The number of ether oxygens (including phenoxy) is 2. The topological polar surface area (TPSA) is 172 Å². The molecule has 4 aliphatic rings. The van der Waals surface area contributed by atoms with Crippen LogP contribution in [0.25, 0.3) is 0 Å². The molecule has 1 aromatic rings. The number of rotatable bonds is 11. The Bertz CT molecular complexity index is 1430. The van der Waals surface area contributed by atoms with E-state index in [9.17, 15) is 24.3 Å². The van der Waals surface area contributed by atoms with E-state index in [0.717, 1.165) is 5.56 Å². The number of esters is 1. The summed E-state index contributed by atoms with van der Waals surface area (Å²) in [5.41, 5.74) is -2.24. The van der Waals surface area contributed by atoms with Crippen molar-refractivity contribution in [2.75, 3.05) is 19.8 Å². The van der Waals surface area contributed by atoms with Crippen molar-refractivity contribution in [2.45, 2.75) is 70.6 Å². The van der Waals surface area contributed by atoms with E-state index in [1.54, 1.807) is 37.3 Å². The average molecular weight is 645 g/mol. The van der Waals surface area contributed by atoms with Crippen LogP contribution in [0.15, 0.2) is 48.1 Å². The first-order chi connectivity index (χ1) is 21.8. The van der Waals surface area contributed by atoms with Crippen LogP contribution in [0.4, 0.5) is 9.18 Å². The molecule has 4 aliphatic carbocycles. The number of nitrogens with zero attached hydrogens (tertiary/aromatic N) is 1. The Morgan fingerprint density at radius 1 is 1.13 bits per heavy atom. The highest BCUT2D eigenvalue weighted by atomic mass is 19.1. The fraction of sp³-hybridized carbons (Fsp3) is 0.576. The summed E-state index contributed by atoms with van der Waals surface area (Å²) in [6.07, 6.45) is 5.40. The van der Waals surface area contributed by atoms with Crippen LogP contribution < -0.4 is 10.1 Å². The molecule has 250 valence electrons. The second kappa shape index (κ2) is 13.3. The maximum atomic E-state index is 17.2. The molecule has 3 fully saturated rings. The van der Waals surface area contributed by atoms with E-state index in [1.165, 1.54) is 12.2 Å². The maximum Gasteiger partial charge on any atom is 0.413 e. The summed E-state index contributed by atoms with van der Waals surface area (Å²) < 4.78 is 27.6. The van der Waals surface area contributed by atoms with Crippen molar-refractivity contribution in [1.29, 1.82) is 0 Å². The molecular weight excluding hydrogens is 603 g/mol. The van der Waals surface area contributed by atoms with Crippen LogP contribution in [0, 0.1) is 28.6 Å². The van der Waals surface area contributed by atoms with E-state index in [2.05, 4.69) is 10.2 Å².